The van der Waals surface area contributed by atoms with Crippen LogP contribution in [0.25, 0.3) is 5.57 Å². The number of sulfone groups is 1. The third kappa shape index (κ3) is 1.75. The van der Waals surface area contributed by atoms with Gasteiger partial charge < -0.3 is 5.73 Å². The van der Waals surface area contributed by atoms with Crippen molar-refractivity contribution in [2.24, 2.45) is 5.73 Å². The Bertz CT molecular complexity index is 534. The zero-order valence-electron chi connectivity index (χ0n) is 7.90. The molecule has 0 bridgehead atoms. The SMILES string of the molecule is NCCC1=CS(=O)(=O)c2cccc(Br)c21. The van der Waals surface area contributed by atoms with Crippen LogP contribution < -0.4 is 5.73 Å². The number of nitrogens with two attached hydrogens (primary N) is 1. The van der Waals surface area contributed by atoms with E-state index in [9.17, 15) is 8.42 Å². The average Bonchev–Trinajstić information content (AvgIpc) is 2.41. The van der Waals surface area contributed by atoms with E-state index in [0.29, 0.717) is 17.9 Å². The number of halogens is 1. The second-order valence-corrected chi connectivity index (χ2v) is 5.96. The molecule has 5 heteroatoms. The van der Waals surface area contributed by atoms with E-state index in [4.69, 9.17) is 5.73 Å². The van der Waals surface area contributed by atoms with Crippen LogP contribution in [0, 0.1) is 0 Å². The van der Waals surface area contributed by atoms with Gasteiger partial charge in [0.05, 0.1) is 4.90 Å². The lowest BCUT2D eigenvalue weighted by atomic mass is 10.1. The maximum absolute atomic E-state index is 11.8. The smallest absolute Gasteiger partial charge is 0.200 e. The molecule has 0 unspecified atom stereocenters. The fourth-order valence-electron chi connectivity index (χ4n) is 1.70. The Kier molecular flexibility index (Phi) is 2.70. The summed E-state index contributed by atoms with van der Waals surface area (Å²) in [5, 5.41) is 1.31. The molecule has 0 aromatic heterocycles. The molecule has 0 saturated carbocycles. The van der Waals surface area contributed by atoms with Crippen molar-refractivity contribution < 1.29 is 8.42 Å². The molecule has 0 fully saturated rings. The first kappa shape index (κ1) is 10.9. The van der Waals surface area contributed by atoms with E-state index in [1.165, 1.54) is 5.41 Å². The Morgan fingerprint density at radius 2 is 2.07 bits per heavy atom. The molecular weight excluding hydrogens is 278 g/mol. The van der Waals surface area contributed by atoms with Crippen molar-refractivity contribution in [1.29, 1.82) is 0 Å². The molecule has 0 saturated heterocycles. The largest absolute Gasteiger partial charge is 0.330 e. The third-order valence-corrected chi connectivity index (χ3v) is 4.52. The Morgan fingerprint density at radius 1 is 1.33 bits per heavy atom. The van der Waals surface area contributed by atoms with E-state index in [-0.39, 0.29) is 0 Å². The van der Waals surface area contributed by atoms with Gasteiger partial charge >= 0.3 is 0 Å². The van der Waals surface area contributed by atoms with Crippen molar-refractivity contribution >= 4 is 31.3 Å². The summed E-state index contributed by atoms with van der Waals surface area (Å²) in [7, 11) is -3.25. The number of benzene rings is 1. The quantitative estimate of drug-likeness (QED) is 0.904. The highest BCUT2D eigenvalue weighted by Gasteiger charge is 2.27. The van der Waals surface area contributed by atoms with Crippen molar-refractivity contribution in [2.45, 2.75) is 11.3 Å². The Morgan fingerprint density at radius 3 is 2.73 bits per heavy atom. The predicted molar refractivity (Wildman–Crippen MR) is 63.0 cm³/mol. The molecule has 2 rings (SSSR count). The molecule has 1 aliphatic rings. The van der Waals surface area contributed by atoms with Crippen molar-refractivity contribution in [3.05, 3.63) is 33.6 Å². The van der Waals surface area contributed by atoms with Gasteiger partial charge in [0.1, 0.15) is 0 Å². The normalized spacial score (nSPS) is 17.3. The molecule has 2 N–H and O–H groups in total. The summed E-state index contributed by atoms with van der Waals surface area (Å²) in [6, 6.07) is 5.18. The second kappa shape index (κ2) is 3.73. The highest BCUT2D eigenvalue weighted by molar-refractivity contribution is 9.10. The summed E-state index contributed by atoms with van der Waals surface area (Å²) in [4.78, 5) is 0.375. The summed E-state index contributed by atoms with van der Waals surface area (Å²) >= 11 is 3.36. The highest BCUT2D eigenvalue weighted by atomic mass is 79.9. The van der Waals surface area contributed by atoms with Gasteiger partial charge in [-0.25, -0.2) is 8.42 Å². The average molecular weight is 288 g/mol. The minimum atomic E-state index is -3.25. The molecule has 80 valence electrons. The van der Waals surface area contributed by atoms with E-state index in [1.54, 1.807) is 12.1 Å². The van der Waals surface area contributed by atoms with Crippen molar-refractivity contribution in [1.82, 2.24) is 0 Å². The lowest BCUT2D eigenvalue weighted by molar-refractivity contribution is 0.605. The molecule has 0 amide bonds. The maximum Gasteiger partial charge on any atom is 0.200 e. The number of hydrogen-bond acceptors (Lipinski definition) is 3. The van der Waals surface area contributed by atoms with Crippen LogP contribution in [0.1, 0.15) is 12.0 Å². The minimum absolute atomic E-state index is 0.375. The summed E-state index contributed by atoms with van der Waals surface area (Å²) in [6.07, 6.45) is 0.578. The predicted octanol–water partition coefficient (Wildman–Crippen LogP) is 1.93. The molecule has 15 heavy (non-hydrogen) atoms. The van der Waals surface area contributed by atoms with Gasteiger partial charge in [0.2, 0.25) is 9.84 Å². The van der Waals surface area contributed by atoms with Crippen LogP contribution >= 0.6 is 15.9 Å². The van der Waals surface area contributed by atoms with Crippen LogP contribution in [0.5, 0.6) is 0 Å². The van der Waals surface area contributed by atoms with Gasteiger partial charge in [-0.15, -0.1) is 0 Å². The maximum atomic E-state index is 11.8. The topological polar surface area (TPSA) is 60.2 Å². The van der Waals surface area contributed by atoms with Crippen molar-refractivity contribution in [3.63, 3.8) is 0 Å². The fourth-order valence-corrected chi connectivity index (χ4v) is 3.99. The highest BCUT2D eigenvalue weighted by Crippen LogP contribution is 2.39. The monoisotopic (exact) mass is 287 g/mol. The molecule has 0 radical (unpaired) electrons. The van der Waals surface area contributed by atoms with Crippen LogP contribution in [0.4, 0.5) is 0 Å². The summed E-state index contributed by atoms with van der Waals surface area (Å²) < 4.78 is 24.3. The fraction of sp³-hybridized carbons (Fsp3) is 0.200. The number of rotatable bonds is 2. The van der Waals surface area contributed by atoms with Crippen molar-refractivity contribution in [2.75, 3.05) is 6.54 Å². The minimum Gasteiger partial charge on any atom is -0.330 e. The molecule has 0 atom stereocenters. The molecule has 0 spiro atoms. The van der Waals surface area contributed by atoms with Crippen LogP contribution in [0.15, 0.2) is 33.0 Å². The number of hydrogen-bond donors (Lipinski definition) is 1. The first-order valence-corrected chi connectivity index (χ1v) is 6.85. The zero-order chi connectivity index (χ0) is 11.1. The molecular formula is C10H10BrNO2S. The van der Waals surface area contributed by atoms with Gasteiger partial charge in [-0.1, -0.05) is 22.0 Å². The third-order valence-electron chi connectivity index (χ3n) is 2.31. The molecule has 0 aliphatic carbocycles. The van der Waals surface area contributed by atoms with Gasteiger partial charge in [0, 0.05) is 15.4 Å². The van der Waals surface area contributed by atoms with E-state index in [0.717, 1.165) is 15.6 Å². The first-order valence-electron chi connectivity index (χ1n) is 4.51. The molecule has 3 nitrogen and oxygen atoms in total. The Hall–Kier alpha value is -0.650. The van der Waals surface area contributed by atoms with Gasteiger partial charge in [-0.05, 0) is 30.7 Å². The van der Waals surface area contributed by atoms with Gasteiger partial charge in [-0.2, -0.15) is 0 Å². The molecule has 1 aliphatic heterocycles. The lowest BCUT2D eigenvalue weighted by Gasteiger charge is -2.05. The standard InChI is InChI=1S/C10H10BrNO2S/c11-8-2-1-3-9-10(8)7(4-5-12)6-15(9,13)14/h1-3,6H,4-5,12H2. The molecule has 1 heterocycles. The zero-order valence-corrected chi connectivity index (χ0v) is 10.3. The lowest BCUT2D eigenvalue weighted by Crippen LogP contribution is -1.99. The van der Waals surface area contributed by atoms with E-state index >= 15 is 0 Å². The molecule has 1 aromatic carbocycles. The van der Waals surface area contributed by atoms with E-state index in [1.807, 2.05) is 6.07 Å². The van der Waals surface area contributed by atoms with Crippen LogP contribution in [0.2, 0.25) is 0 Å². The van der Waals surface area contributed by atoms with Gasteiger partial charge in [0.15, 0.2) is 0 Å². The van der Waals surface area contributed by atoms with Crippen LogP contribution in [-0.4, -0.2) is 15.0 Å². The first-order chi connectivity index (χ1) is 7.06. The van der Waals surface area contributed by atoms with Gasteiger partial charge in [0.25, 0.3) is 0 Å². The Labute approximate surface area is 97.0 Å². The summed E-state index contributed by atoms with van der Waals surface area (Å²) in [5.74, 6) is 0. The van der Waals surface area contributed by atoms with Crippen molar-refractivity contribution in [3.8, 4) is 0 Å². The Balaban J connectivity index is 2.69. The van der Waals surface area contributed by atoms with E-state index in [2.05, 4.69) is 15.9 Å². The summed E-state index contributed by atoms with van der Waals surface area (Å²) in [6.45, 7) is 0.447. The summed E-state index contributed by atoms with van der Waals surface area (Å²) in [5.41, 5.74) is 7.01. The molecule has 1 aromatic rings. The van der Waals surface area contributed by atoms with Gasteiger partial charge in [-0.3, -0.25) is 0 Å². The van der Waals surface area contributed by atoms with E-state index < -0.39 is 9.84 Å². The number of fused-ring (bicyclic) bond motifs is 1. The second-order valence-electron chi connectivity index (χ2n) is 3.34. The van der Waals surface area contributed by atoms with Crippen LogP contribution in [0.3, 0.4) is 0 Å². The van der Waals surface area contributed by atoms with Crippen LogP contribution in [-0.2, 0) is 9.84 Å².